The van der Waals surface area contributed by atoms with Gasteiger partial charge < -0.3 is 10.6 Å². The van der Waals surface area contributed by atoms with E-state index in [1.165, 1.54) is 31.4 Å². The molecule has 0 spiro atoms. The maximum Gasteiger partial charge on any atom is 0.271 e. The van der Waals surface area contributed by atoms with Crippen LogP contribution in [0, 0.1) is 17.8 Å². The van der Waals surface area contributed by atoms with Crippen LogP contribution in [0.4, 0.5) is 0 Å². The van der Waals surface area contributed by atoms with Crippen molar-refractivity contribution in [1.29, 1.82) is 0 Å². The molecule has 0 radical (unpaired) electrons. The van der Waals surface area contributed by atoms with Crippen LogP contribution < -0.4 is 10.6 Å². The van der Waals surface area contributed by atoms with Crippen molar-refractivity contribution in [1.82, 2.24) is 20.6 Å². The van der Waals surface area contributed by atoms with Crippen LogP contribution in [0.2, 0.25) is 0 Å². The lowest BCUT2D eigenvalue weighted by Crippen LogP contribution is -2.34. The fourth-order valence-corrected chi connectivity index (χ4v) is 3.26. The van der Waals surface area contributed by atoms with E-state index in [4.69, 9.17) is 0 Å². The largest absolute Gasteiger partial charge is 0.356 e. The number of carbonyl (C=O) groups is 2. The van der Waals surface area contributed by atoms with Crippen molar-refractivity contribution < 1.29 is 9.59 Å². The summed E-state index contributed by atoms with van der Waals surface area (Å²) in [5.41, 5.74) is 0.261. The number of nitrogens with zero attached hydrogens (tertiary/aromatic N) is 2. The van der Waals surface area contributed by atoms with E-state index in [0.717, 1.165) is 12.5 Å². The van der Waals surface area contributed by atoms with Gasteiger partial charge in [0.1, 0.15) is 5.69 Å². The average molecular weight is 300 g/mol. The lowest BCUT2D eigenvalue weighted by Gasteiger charge is -2.18. The maximum atomic E-state index is 11.8. The number of hydrogen-bond donors (Lipinski definition) is 2. The number of nitrogens with one attached hydrogen (secondary N) is 2. The fourth-order valence-electron chi connectivity index (χ4n) is 3.26. The van der Waals surface area contributed by atoms with Gasteiger partial charge in [0.05, 0.1) is 6.20 Å². The van der Waals surface area contributed by atoms with E-state index >= 15 is 0 Å². The summed E-state index contributed by atoms with van der Waals surface area (Å²) in [6, 6.07) is 0. The van der Waals surface area contributed by atoms with E-state index in [1.807, 2.05) is 0 Å². The van der Waals surface area contributed by atoms with Crippen LogP contribution >= 0.6 is 0 Å². The molecule has 1 saturated carbocycles. The fraction of sp³-hybridized carbons (Fsp3) is 0.500. The van der Waals surface area contributed by atoms with Crippen LogP contribution in [0.1, 0.15) is 29.8 Å². The molecule has 0 saturated heterocycles. The molecule has 0 aromatic carbocycles. The van der Waals surface area contributed by atoms with Gasteiger partial charge >= 0.3 is 0 Å². The van der Waals surface area contributed by atoms with Gasteiger partial charge in [0, 0.05) is 31.9 Å². The monoisotopic (exact) mass is 300 g/mol. The Kier molecular flexibility index (Phi) is 4.46. The van der Waals surface area contributed by atoms with Crippen molar-refractivity contribution in [2.75, 3.05) is 13.1 Å². The molecular weight excluding hydrogens is 280 g/mol. The first kappa shape index (κ1) is 14.7. The van der Waals surface area contributed by atoms with Crippen LogP contribution in [0.25, 0.3) is 0 Å². The Bertz CT molecular complexity index is 573. The number of aromatic nitrogens is 2. The van der Waals surface area contributed by atoms with E-state index in [1.54, 1.807) is 0 Å². The Morgan fingerprint density at radius 3 is 2.77 bits per heavy atom. The molecule has 1 heterocycles. The van der Waals surface area contributed by atoms with Crippen molar-refractivity contribution in [3.8, 4) is 0 Å². The van der Waals surface area contributed by atoms with Crippen LogP contribution in [0.15, 0.2) is 30.7 Å². The highest BCUT2D eigenvalue weighted by Gasteiger charge is 2.35. The summed E-state index contributed by atoms with van der Waals surface area (Å²) in [6.07, 6.45) is 11.7. The molecule has 2 N–H and O–H groups in total. The predicted octanol–water partition coefficient (Wildman–Crippen LogP) is 0.925. The molecule has 3 atom stereocenters. The van der Waals surface area contributed by atoms with E-state index < -0.39 is 0 Å². The zero-order valence-corrected chi connectivity index (χ0v) is 12.4. The standard InChI is InChI=1S/C16H20N4O2/c21-15(20-9-13-8-11-1-2-12(13)7-11)3-4-19-16(22)14-10-17-5-6-18-14/h1-2,5-6,10-13H,3-4,7-9H2,(H,19,22)(H,20,21)/t11-,12-,13-/m0/s1. The van der Waals surface area contributed by atoms with E-state index in [0.29, 0.717) is 18.4 Å². The second-order valence-electron chi connectivity index (χ2n) is 5.94. The second-order valence-corrected chi connectivity index (χ2v) is 5.94. The molecule has 1 aromatic heterocycles. The number of carbonyl (C=O) groups excluding carboxylic acids is 2. The topological polar surface area (TPSA) is 84.0 Å². The molecular formula is C16H20N4O2. The first-order valence-electron chi connectivity index (χ1n) is 7.71. The van der Waals surface area contributed by atoms with Gasteiger partial charge in [-0.05, 0) is 30.6 Å². The first-order chi connectivity index (χ1) is 10.7. The Hall–Kier alpha value is -2.24. The number of fused-ring (bicyclic) bond motifs is 2. The van der Waals surface area contributed by atoms with Gasteiger partial charge in [-0.15, -0.1) is 0 Å². The zero-order valence-electron chi connectivity index (χ0n) is 12.4. The SMILES string of the molecule is O=C(CCNC(=O)c1cnccn1)NC[C@@H]1C[C@H]2C=C[C@H]1C2. The average Bonchev–Trinajstić information content (AvgIpc) is 3.16. The third kappa shape index (κ3) is 3.50. The van der Waals surface area contributed by atoms with Crippen molar-refractivity contribution in [3.63, 3.8) is 0 Å². The molecule has 22 heavy (non-hydrogen) atoms. The minimum Gasteiger partial charge on any atom is -0.356 e. The molecule has 2 aliphatic rings. The molecule has 6 nitrogen and oxygen atoms in total. The molecule has 0 unspecified atom stereocenters. The number of rotatable bonds is 6. The van der Waals surface area contributed by atoms with Gasteiger partial charge in [0.2, 0.25) is 5.91 Å². The highest BCUT2D eigenvalue weighted by atomic mass is 16.2. The van der Waals surface area contributed by atoms with Crippen LogP contribution in [0.3, 0.4) is 0 Å². The Morgan fingerprint density at radius 2 is 2.09 bits per heavy atom. The van der Waals surface area contributed by atoms with Crippen molar-refractivity contribution in [2.45, 2.75) is 19.3 Å². The molecule has 2 aliphatic carbocycles. The zero-order chi connectivity index (χ0) is 15.4. The van der Waals surface area contributed by atoms with Crippen LogP contribution in [-0.2, 0) is 4.79 Å². The molecule has 2 bridgehead atoms. The molecule has 1 aromatic rings. The Labute approximate surface area is 129 Å². The van der Waals surface area contributed by atoms with Crippen molar-refractivity contribution in [3.05, 3.63) is 36.4 Å². The second kappa shape index (κ2) is 6.68. The summed E-state index contributed by atoms with van der Waals surface area (Å²) in [4.78, 5) is 31.3. The summed E-state index contributed by atoms with van der Waals surface area (Å²) in [5, 5.41) is 5.64. The quantitative estimate of drug-likeness (QED) is 0.765. The predicted molar refractivity (Wildman–Crippen MR) is 80.8 cm³/mol. The van der Waals surface area contributed by atoms with Gasteiger partial charge in [0.15, 0.2) is 0 Å². The molecule has 116 valence electrons. The number of amides is 2. The Balaban J connectivity index is 1.33. The summed E-state index contributed by atoms with van der Waals surface area (Å²) < 4.78 is 0. The molecule has 1 fully saturated rings. The first-order valence-corrected chi connectivity index (χ1v) is 7.71. The Morgan fingerprint density at radius 1 is 1.18 bits per heavy atom. The number of hydrogen-bond acceptors (Lipinski definition) is 4. The number of allylic oxidation sites excluding steroid dienone is 2. The van der Waals surface area contributed by atoms with Crippen molar-refractivity contribution >= 4 is 11.8 Å². The maximum absolute atomic E-state index is 11.8. The summed E-state index contributed by atoms with van der Waals surface area (Å²) >= 11 is 0. The van der Waals surface area contributed by atoms with Crippen molar-refractivity contribution in [2.24, 2.45) is 17.8 Å². The highest BCUT2D eigenvalue weighted by Crippen LogP contribution is 2.42. The molecule has 2 amide bonds. The molecule has 0 aliphatic heterocycles. The van der Waals surface area contributed by atoms with E-state index in [-0.39, 0.29) is 23.9 Å². The third-order valence-corrected chi connectivity index (χ3v) is 4.41. The van der Waals surface area contributed by atoms with Gasteiger partial charge in [-0.3, -0.25) is 14.6 Å². The van der Waals surface area contributed by atoms with Gasteiger partial charge in [-0.25, -0.2) is 4.98 Å². The van der Waals surface area contributed by atoms with Gasteiger partial charge in [-0.1, -0.05) is 12.2 Å². The smallest absolute Gasteiger partial charge is 0.271 e. The van der Waals surface area contributed by atoms with Crippen LogP contribution in [-0.4, -0.2) is 34.9 Å². The normalized spacial score (nSPS) is 25.2. The van der Waals surface area contributed by atoms with E-state index in [2.05, 4.69) is 32.8 Å². The summed E-state index contributed by atoms with van der Waals surface area (Å²) in [7, 11) is 0. The third-order valence-electron chi connectivity index (χ3n) is 4.41. The lowest BCUT2D eigenvalue weighted by atomic mass is 9.93. The van der Waals surface area contributed by atoms with Gasteiger partial charge in [-0.2, -0.15) is 0 Å². The van der Waals surface area contributed by atoms with Gasteiger partial charge in [0.25, 0.3) is 5.91 Å². The minimum absolute atomic E-state index is 0.0220. The summed E-state index contributed by atoms with van der Waals surface area (Å²) in [5.74, 6) is 1.61. The molecule has 3 rings (SSSR count). The lowest BCUT2D eigenvalue weighted by molar-refractivity contribution is -0.121. The van der Waals surface area contributed by atoms with E-state index in [9.17, 15) is 9.59 Å². The summed E-state index contributed by atoms with van der Waals surface area (Å²) in [6.45, 7) is 1.04. The van der Waals surface area contributed by atoms with Crippen LogP contribution in [0.5, 0.6) is 0 Å². The highest BCUT2D eigenvalue weighted by molar-refractivity contribution is 5.92. The molecule has 6 heteroatoms. The minimum atomic E-state index is -0.306.